The molecule has 0 spiro atoms. The van der Waals surface area contributed by atoms with E-state index in [1.807, 2.05) is 0 Å². The van der Waals surface area contributed by atoms with Crippen molar-refractivity contribution in [3.63, 3.8) is 0 Å². The van der Waals surface area contributed by atoms with Gasteiger partial charge in [0.1, 0.15) is 5.75 Å². The molecule has 1 aromatic carbocycles. The Morgan fingerprint density at radius 2 is 1.73 bits per heavy atom. The maximum absolute atomic E-state index is 12.8. The molecular weight excluding hydrogens is 379 g/mol. The molecule has 0 fully saturated rings. The van der Waals surface area contributed by atoms with Crippen molar-refractivity contribution in [1.82, 2.24) is 14.8 Å². The van der Waals surface area contributed by atoms with Crippen LogP contribution in [-0.2, 0) is 0 Å². The van der Waals surface area contributed by atoms with Gasteiger partial charge in [-0.15, -0.1) is 5.10 Å². The van der Waals surface area contributed by atoms with Crippen LogP contribution in [0.15, 0.2) is 29.0 Å². The van der Waals surface area contributed by atoms with E-state index in [4.69, 9.17) is 0 Å². The number of benzene rings is 1. The van der Waals surface area contributed by atoms with Crippen molar-refractivity contribution in [1.29, 1.82) is 0 Å². The van der Waals surface area contributed by atoms with Gasteiger partial charge in [-0.3, -0.25) is 0 Å². The molecule has 1 heterocycles. The molecular formula is C11H8BrF5N4O. The van der Waals surface area contributed by atoms with E-state index in [1.165, 1.54) is 16.8 Å². The molecule has 22 heavy (non-hydrogen) atoms. The third-order valence-electron chi connectivity index (χ3n) is 2.46. The normalized spacial score (nSPS) is 12.3. The molecule has 0 aliphatic rings. The first-order valence-electron chi connectivity index (χ1n) is 5.68. The Hall–Kier alpha value is -1.91. The monoisotopic (exact) mass is 386 g/mol. The zero-order chi connectivity index (χ0) is 16.5. The first-order valence-corrected chi connectivity index (χ1v) is 6.47. The Balaban J connectivity index is 2.24. The number of hydrogen-bond acceptors (Lipinski definition) is 4. The first kappa shape index (κ1) is 16.5. The zero-order valence-electron chi connectivity index (χ0n) is 10.8. The Labute approximate surface area is 129 Å². The third kappa shape index (κ3) is 3.29. The van der Waals surface area contributed by atoms with Gasteiger partial charge in [0.05, 0.1) is 5.69 Å². The number of nitrogens with one attached hydrogen (secondary N) is 1. The summed E-state index contributed by atoms with van der Waals surface area (Å²) in [6.45, 7) is 0. The zero-order valence-corrected chi connectivity index (χ0v) is 12.4. The van der Waals surface area contributed by atoms with Crippen molar-refractivity contribution in [2.24, 2.45) is 0 Å². The van der Waals surface area contributed by atoms with Gasteiger partial charge in [-0.25, -0.2) is 0 Å². The minimum Gasteiger partial charge on any atom is -0.426 e. The molecule has 0 aliphatic carbocycles. The summed E-state index contributed by atoms with van der Waals surface area (Å²) < 4.78 is 67.0. The maximum atomic E-state index is 12.8. The number of ether oxygens (including phenoxy) is 1. The highest BCUT2D eigenvalue weighted by atomic mass is 79.9. The molecule has 5 nitrogen and oxygen atoms in total. The smallest absolute Gasteiger partial charge is 0.426 e. The molecule has 11 heteroatoms. The van der Waals surface area contributed by atoms with Crippen molar-refractivity contribution in [3.8, 4) is 11.4 Å². The average molecular weight is 387 g/mol. The molecule has 0 unspecified atom stereocenters. The Kier molecular flexibility index (Phi) is 4.27. The molecule has 0 bridgehead atoms. The summed E-state index contributed by atoms with van der Waals surface area (Å²) >= 11 is 3.07. The topological polar surface area (TPSA) is 52.0 Å². The molecule has 120 valence electrons. The molecule has 0 amide bonds. The molecule has 1 N–H and O–H groups in total. The van der Waals surface area contributed by atoms with Gasteiger partial charge in [0.2, 0.25) is 10.7 Å². The fourth-order valence-electron chi connectivity index (χ4n) is 1.49. The molecule has 2 rings (SSSR count). The summed E-state index contributed by atoms with van der Waals surface area (Å²) in [5.74, 6) is -0.280. The minimum absolute atomic E-state index is 0.279. The van der Waals surface area contributed by atoms with E-state index in [9.17, 15) is 22.0 Å². The van der Waals surface area contributed by atoms with Crippen LogP contribution in [0, 0.1) is 0 Å². The molecule has 0 radical (unpaired) electrons. The summed E-state index contributed by atoms with van der Waals surface area (Å²) in [5.41, 5.74) is 0.394. The van der Waals surface area contributed by atoms with E-state index < -0.39 is 18.0 Å². The summed E-state index contributed by atoms with van der Waals surface area (Å²) in [4.78, 5) is 3.98. The SMILES string of the molecule is CNc1nc(Br)nn1-c1ccc(OC(F)(F)C(F)(F)F)cc1. The first-order chi connectivity index (χ1) is 10.1. The average Bonchev–Trinajstić information content (AvgIpc) is 2.79. The van der Waals surface area contributed by atoms with Crippen molar-refractivity contribution in [2.45, 2.75) is 12.3 Å². The molecule has 0 saturated carbocycles. The van der Waals surface area contributed by atoms with Gasteiger partial charge in [-0.05, 0) is 40.2 Å². The second-order valence-corrected chi connectivity index (χ2v) is 4.69. The second kappa shape index (κ2) is 5.71. The van der Waals surface area contributed by atoms with Crippen LogP contribution in [0.3, 0.4) is 0 Å². The third-order valence-corrected chi connectivity index (χ3v) is 2.80. The van der Waals surface area contributed by atoms with E-state index in [1.54, 1.807) is 7.05 Å². The van der Waals surface area contributed by atoms with E-state index >= 15 is 0 Å². The van der Waals surface area contributed by atoms with Gasteiger partial charge in [0, 0.05) is 7.05 Å². The van der Waals surface area contributed by atoms with E-state index in [0.29, 0.717) is 11.6 Å². The summed E-state index contributed by atoms with van der Waals surface area (Å²) in [6.07, 6.45) is -11.1. The van der Waals surface area contributed by atoms with E-state index in [-0.39, 0.29) is 4.73 Å². The van der Waals surface area contributed by atoms with Gasteiger partial charge < -0.3 is 10.1 Å². The predicted octanol–water partition coefficient (Wildman–Crippen LogP) is 3.61. The van der Waals surface area contributed by atoms with Crippen LogP contribution in [0.2, 0.25) is 0 Å². The van der Waals surface area contributed by atoms with Crippen LogP contribution >= 0.6 is 15.9 Å². The van der Waals surface area contributed by atoms with Crippen LogP contribution in [0.25, 0.3) is 5.69 Å². The number of aromatic nitrogens is 3. The number of nitrogens with zero attached hydrogens (tertiary/aromatic N) is 3. The van der Waals surface area contributed by atoms with Crippen molar-refractivity contribution in [3.05, 3.63) is 29.0 Å². The summed E-state index contributed by atoms with van der Waals surface area (Å²) in [7, 11) is 1.59. The molecule has 1 aromatic heterocycles. The number of anilines is 1. The van der Waals surface area contributed by atoms with E-state index in [0.717, 1.165) is 12.1 Å². The fourth-order valence-corrected chi connectivity index (χ4v) is 1.82. The highest BCUT2D eigenvalue weighted by Gasteiger charge is 2.61. The Bertz CT molecular complexity index is 655. The highest BCUT2D eigenvalue weighted by Crippen LogP contribution is 2.37. The Morgan fingerprint density at radius 1 is 1.14 bits per heavy atom. The van der Waals surface area contributed by atoms with Crippen molar-refractivity contribution in [2.75, 3.05) is 12.4 Å². The van der Waals surface area contributed by atoms with Crippen LogP contribution in [0.1, 0.15) is 0 Å². The van der Waals surface area contributed by atoms with Crippen molar-refractivity contribution >= 4 is 21.9 Å². The predicted molar refractivity (Wildman–Crippen MR) is 70.2 cm³/mol. The molecule has 0 saturated heterocycles. The maximum Gasteiger partial charge on any atom is 0.499 e. The van der Waals surface area contributed by atoms with Crippen LogP contribution in [0.4, 0.5) is 27.9 Å². The molecule has 2 aromatic rings. The largest absolute Gasteiger partial charge is 0.499 e. The van der Waals surface area contributed by atoms with Crippen LogP contribution in [-0.4, -0.2) is 34.1 Å². The van der Waals surface area contributed by atoms with Crippen molar-refractivity contribution < 1.29 is 26.7 Å². The molecule has 0 aliphatic heterocycles. The van der Waals surface area contributed by atoms with Gasteiger partial charge in [-0.1, -0.05) is 0 Å². The van der Waals surface area contributed by atoms with E-state index in [2.05, 4.69) is 36.1 Å². The summed E-state index contributed by atoms with van der Waals surface area (Å²) in [6, 6.07) is 4.49. The van der Waals surface area contributed by atoms with Crippen LogP contribution in [0.5, 0.6) is 5.75 Å². The van der Waals surface area contributed by atoms with Gasteiger partial charge in [0.15, 0.2) is 0 Å². The lowest BCUT2D eigenvalue weighted by atomic mass is 10.3. The molecule has 0 atom stereocenters. The number of hydrogen-bond donors (Lipinski definition) is 1. The second-order valence-electron chi connectivity index (χ2n) is 3.98. The quantitative estimate of drug-likeness (QED) is 0.815. The number of halogens is 6. The fraction of sp³-hybridized carbons (Fsp3) is 0.273. The van der Waals surface area contributed by atoms with Gasteiger partial charge >= 0.3 is 12.3 Å². The lowest BCUT2D eigenvalue weighted by Crippen LogP contribution is -2.41. The standard InChI is InChI=1S/C11H8BrF5N4O/c1-18-9-19-8(12)20-21(9)6-2-4-7(5-3-6)22-11(16,17)10(13,14)15/h2-5H,1H3,(H,18,19,20). The lowest BCUT2D eigenvalue weighted by molar-refractivity contribution is -0.360. The minimum atomic E-state index is -5.79. The summed E-state index contributed by atoms with van der Waals surface area (Å²) in [5, 5.41) is 6.73. The lowest BCUT2D eigenvalue weighted by Gasteiger charge is -2.20. The number of rotatable bonds is 4. The highest BCUT2D eigenvalue weighted by molar-refractivity contribution is 9.10. The number of alkyl halides is 5. The Morgan fingerprint density at radius 3 is 2.23 bits per heavy atom. The van der Waals surface area contributed by atoms with Gasteiger partial charge in [-0.2, -0.15) is 31.6 Å². The van der Waals surface area contributed by atoms with Gasteiger partial charge in [0.25, 0.3) is 0 Å². The van der Waals surface area contributed by atoms with Crippen LogP contribution < -0.4 is 10.1 Å².